The molecule has 0 atom stereocenters. The van der Waals surface area contributed by atoms with Gasteiger partial charge in [0, 0.05) is 32.2 Å². The van der Waals surface area contributed by atoms with E-state index in [9.17, 15) is 4.79 Å². The Morgan fingerprint density at radius 1 is 1.21 bits per heavy atom. The van der Waals surface area contributed by atoms with Crippen LogP contribution in [-0.2, 0) is 4.74 Å². The Morgan fingerprint density at radius 2 is 1.92 bits per heavy atom. The van der Waals surface area contributed by atoms with Gasteiger partial charge in [-0.3, -0.25) is 0 Å². The Bertz CT molecular complexity index is 727. The van der Waals surface area contributed by atoms with Crippen LogP contribution in [0.5, 0.6) is 5.75 Å². The molecule has 1 aliphatic rings. The summed E-state index contributed by atoms with van der Waals surface area (Å²) in [5, 5.41) is 0. The standard InChI is InChI=1S/C17H23N3O4/c1-17(2,3)24-16(21)20-9-7-19(8-10-20)15-18-13-6-5-12(22-4)11-14(13)23-15/h5-6,11H,7-10H2,1-4H3. The van der Waals surface area contributed by atoms with Gasteiger partial charge < -0.3 is 23.7 Å². The number of piperazine rings is 1. The molecule has 24 heavy (non-hydrogen) atoms. The summed E-state index contributed by atoms with van der Waals surface area (Å²) in [7, 11) is 1.62. The van der Waals surface area contributed by atoms with Crippen LogP contribution < -0.4 is 9.64 Å². The normalized spacial score (nSPS) is 15.7. The molecule has 7 nitrogen and oxygen atoms in total. The minimum Gasteiger partial charge on any atom is -0.497 e. The maximum atomic E-state index is 12.1. The van der Waals surface area contributed by atoms with Crippen molar-refractivity contribution in [1.29, 1.82) is 0 Å². The van der Waals surface area contributed by atoms with E-state index >= 15 is 0 Å². The summed E-state index contributed by atoms with van der Waals surface area (Å²) in [6.45, 7) is 8.08. The van der Waals surface area contributed by atoms with Gasteiger partial charge in [-0.25, -0.2) is 4.79 Å². The summed E-state index contributed by atoms with van der Waals surface area (Å²) < 4.78 is 16.4. The number of oxazole rings is 1. The molecule has 130 valence electrons. The van der Waals surface area contributed by atoms with Gasteiger partial charge in [0.05, 0.1) is 7.11 Å². The lowest BCUT2D eigenvalue weighted by Crippen LogP contribution is -2.50. The number of rotatable bonds is 2. The smallest absolute Gasteiger partial charge is 0.410 e. The molecule has 0 N–H and O–H groups in total. The largest absolute Gasteiger partial charge is 0.497 e. The first-order valence-corrected chi connectivity index (χ1v) is 8.03. The minimum absolute atomic E-state index is 0.274. The van der Waals surface area contributed by atoms with Crippen molar-refractivity contribution in [2.24, 2.45) is 0 Å². The molecular formula is C17H23N3O4. The highest BCUT2D eigenvalue weighted by molar-refractivity contribution is 5.76. The molecule has 0 radical (unpaired) electrons. The fourth-order valence-electron chi connectivity index (χ4n) is 2.56. The van der Waals surface area contributed by atoms with Crippen molar-refractivity contribution in [3.8, 4) is 5.75 Å². The zero-order chi connectivity index (χ0) is 17.3. The zero-order valence-electron chi connectivity index (χ0n) is 14.5. The second kappa shape index (κ2) is 6.22. The molecule has 2 heterocycles. The van der Waals surface area contributed by atoms with Crippen LogP contribution in [0.2, 0.25) is 0 Å². The third-order valence-electron chi connectivity index (χ3n) is 3.79. The van der Waals surface area contributed by atoms with E-state index in [1.165, 1.54) is 0 Å². The van der Waals surface area contributed by atoms with E-state index in [2.05, 4.69) is 4.98 Å². The SMILES string of the molecule is COc1ccc2nc(N3CCN(C(=O)OC(C)(C)C)CC3)oc2c1. The Morgan fingerprint density at radius 3 is 2.54 bits per heavy atom. The first kappa shape index (κ1) is 16.4. The first-order chi connectivity index (χ1) is 11.4. The summed E-state index contributed by atoms with van der Waals surface area (Å²) in [5.41, 5.74) is 1.01. The van der Waals surface area contributed by atoms with Crippen molar-refractivity contribution in [2.45, 2.75) is 26.4 Å². The average Bonchev–Trinajstić information content (AvgIpc) is 2.96. The lowest BCUT2D eigenvalue weighted by molar-refractivity contribution is 0.0239. The fraction of sp³-hybridized carbons (Fsp3) is 0.529. The number of nitrogens with zero attached hydrogens (tertiary/aromatic N) is 3. The molecule has 1 fully saturated rings. The second-order valence-electron chi connectivity index (χ2n) is 6.78. The number of ether oxygens (including phenoxy) is 2. The Balaban J connectivity index is 1.65. The lowest BCUT2D eigenvalue weighted by Gasteiger charge is -2.34. The van der Waals surface area contributed by atoms with E-state index in [1.54, 1.807) is 12.0 Å². The summed E-state index contributed by atoms with van der Waals surface area (Å²) in [6.07, 6.45) is -0.274. The van der Waals surface area contributed by atoms with Gasteiger partial charge in [0.2, 0.25) is 0 Å². The molecule has 1 aliphatic heterocycles. The summed E-state index contributed by atoms with van der Waals surface area (Å²) >= 11 is 0. The fourth-order valence-corrected chi connectivity index (χ4v) is 2.56. The van der Waals surface area contributed by atoms with Crippen LogP contribution in [0.4, 0.5) is 10.8 Å². The van der Waals surface area contributed by atoms with Gasteiger partial charge in [0.1, 0.15) is 16.9 Å². The van der Waals surface area contributed by atoms with Crippen LogP contribution in [-0.4, -0.2) is 54.9 Å². The highest BCUT2D eigenvalue weighted by Crippen LogP contribution is 2.26. The van der Waals surface area contributed by atoms with Crippen LogP contribution in [0.25, 0.3) is 11.1 Å². The molecule has 0 aliphatic carbocycles. The van der Waals surface area contributed by atoms with Gasteiger partial charge >= 0.3 is 6.09 Å². The Hall–Kier alpha value is -2.44. The number of benzene rings is 1. The number of fused-ring (bicyclic) bond motifs is 1. The van der Waals surface area contributed by atoms with Gasteiger partial charge in [0.25, 0.3) is 6.01 Å². The molecule has 1 aromatic heterocycles. The number of anilines is 1. The van der Waals surface area contributed by atoms with E-state index < -0.39 is 5.60 Å². The van der Waals surface area contributed by atoms with Gasteiger partial charge in [0.15, 0.2) is 5.58 Å². The highest BCUT2D eigenvalue weighted by Gasteiger charge is 2.27. The van der Waals surface area contributed by atoms with Gasteiger partial charge in [-0.1, -0.05) is 0 Å². The van der Waals surface area contributed by atoms with Crippen molar-refractivity contribution in [2.75, 3.05) is 38.2 Å². The van der Waals surface area contributed by atoms with E-state index in [1.807, 2.05) is 43.9 Å². The van der Waals surface area contributed by atoms with Crippen LogP contribution in [0.1, 0.15) is 20.8 Å². The third kappa shape index (κ3) is 3.55. The average molecular weight is 333 g/mol. The summed E-state index contributed by atoms with van der Waals surface area (Å²) in [4.78, 5) is 20.4. The number of carbonyl (C=O) groups excluding carboxylic acids is 1. The summed E-state index contributed by atoms with van der Waals surface area (Å²) in [5.74, 6) is 0.736. The molecular weight excluding hydrogens is 310 g/mol. The minimum atomic E-state index is -0.479. The number of methoxy groups -OCH3 is 1. The molecule has 1 saturated heterocycles. The predicted octanol–water partition coefficient (Wildman–Crippen LogP) is 2.89. The van der Waals surface area contributed by atoms with Crippen molar-refractivity contribution < 1.29 is 18.7 Å². The molecule has 0 bridgehead atoms. The molecule has 0 unspecified atom stereocenters. The molecule has 7 heteroatoms. The highest BCUT2D eigenvalue weighted by atomic mass is 16.6. The maximum absolute atomic E-state index is 12.1. The van der Waals surface area contributed by atoms with Crippen molar-refractivity contribution in [3.05, 3.63) is 18.2 Å². The second-order valence-corrected chi connectivity index (χ2v) is 6.78. The topological polar surface area (TPSA) is 68.0 Å². The van der Waals surface area contributed by atoms with E-state index in [-0.39, 0.29) is 6.09 Å². The monoisotopic (exact) mass is 333 g/mol. The van der Waals surface area contributed by atoms with Crippen LogP contribution in [0.15, 0.2) is 22.6 Å². The lowest BCUT2D eigenvalue weighted by atomic mass is 10.2. The van der Waals surface area contributed by atoms with Crippen LogP contribution in [0, 0.1) is 0 Å². The number of amides is 1. The van der Waals surface area contributed by atoms with E-state index in [4.69, 9.17) is 13.9 Å². The third-order valence-corrected chi connectivity index (χ3v) is 3.79. The Kier molecular flexibility index (Phi) is 4.26. The maximum Gasteiger partial charge on any atom is 0.410 e. The molecule has 0 saturated carbocycles. The number of hydrogen-bond donors (Lipinski definition) is 0. The molecule has 1 aromatic carbocycles. The predicted molar refractivity (Wildman–Crippen MR) is 90.6 cm³/mol. The van der Waals surface area contributed by atoms with E-state index in [0.717, 1.165) is 11.3 Å². The zero-order valence-corrected chi connectivity index (χ0v) is 14.5. The van der Waals surface area contributed by atoms with Gasteiger partial charge in [-0.15, -0.1) is 0 Å². The molecule has 0 spiro atoms. The molecule has 3 rings (SSSR count). The number of aromatic nitrogens is 1. The number of carbonyl (C=O) groups is 1. The number of hydrogen-bond acceptors (Lipinski definition) is 6. The van der Waals surface area contributed by atoms with Crippen LogP contribution >= 0.6 is 0 Å². The Labute approximate surface area is 141 Å². The van der Waals surface area contributed by atoms with Crippen molar-refractivity contribution >= 4 is 23.2 Å². The quantitative estimate of drug-likeness (QED) is 0.842. The molecule has 2 aromatic rings. The van der Waals surface area contributed by atoms with Gasteiger partial charge in [-0.05, 0) is 32.9 Å². The summed E-state index contributed by atoms with van der Waals surface area (Å²) in [6, 6.07) is 6.12. The van der Waals surface area contributed by atoms with E-state index in [0.29, 0.717) is 37.8 Å². The first-order valence-electron chi connectivity index (χ1n) is 8.03. The van der Waals surface area contributed by atoms with Crippen molar-refractivity contribution in [3.63, 3.8) is 0 Å². The molecule has 1 amide bonds. The van der Waals surface area contributed by atoms with Crippen molar-refractivity contribution in [1.82, 2.24) is 9.88 Å². The van der Waals surface area contributed by atoms with Gasteiger partial charge in [-0.2, -0.15) is 4.98 Å². The van der Waals surface area contributed by atoms with Crippen LogP contribution in [0.3, 0.4) is 0 Å².